The molecule has 0 amide bonds. The van der Waals surface area contributed by atoms with E-state index in [-0.39, 0.29) is 6.10 Å². The molecule has 0 aromatic carbocycles. The maximum absolute atomic E-state index is 10.6. The first-order chi connectivity index (χ1) is 7.65. The zero-order valence-corrected chi connectivity index (χ0v) is 9.89. The summed E-state index contributed by atoms with van der Waals surface area (Å²) in [6, 6.07) is 0. The molecule has 2 atom stereocenters. The van der Waals surface area contributed by atoms with E-state index in [2.05, 4.69) is 10.1 Å². The van der Waals surface area contributed by atoms with Gasteiger partial charge in [0, 0.05) is 20.6 Å². The van der Waals surface area contributed by atoms with Gasteiger partial charge < -0.3 is 9.84 Å². The monoisotopic (exact) mass is 225 g/mol. The molecule has 90 valence electrons. The molecule has 5 nitrogen and oxygen atoms in total. The van der Waals surface area contributed by atoms with Gasteiger partial charge in [-0.15, -0.1) is 0 Å². The lowest BCUT2D eigenvalue weighted by atomic mass is 9.79. The number of ether oxygens (including phenoxy) is 1. The van der Waals surface area contributed by atoms with Crippen molar-refractivity contribution in [2.45, 2.75) is 43.8 Å². The fraction of sp³-hybridized carbons (Fsp3) is 0.818. The highest BCUT2D eigenvalue weighted by atomic mass is 16.5. The minimum absolute atomic E-state index is 0.0852. The first-order valence-corrected chi connectivity index (χ1v) is 5.74. The number of aliphatic hydroxyl groups is 1. The molecule has 1 aromatic heterocycles. The summed E-state index contributed by atoms with van der Waals surface area (Å²) < 4.78 is 7.10. The molecule has 5 heteroatoms. The van der Waals surface area contributed by atoms with Crippen LogP contribution in [-0.4, -0.2) is 38.7 Å². The number of hydrogen-bond acceptors (Lipinski definition) is 4. The topological polar surface area (TPSA) is 60.2 Å². The highest BCUT2D eigenvalue weighted by Gasteiger charge is 2.40. The second-order valence-corrected chi connectivity index (χ2v) is 4.55. The van der Waals surface area contributed by atoms with Crippen molar-refractivity contribution in [3.8, 4) is 0 Å². The summed E-state index contributed by atoms with van der Waals surface area (Å²) in [4.78, 5) is 4.16. The molecule has 1 N–H and O–H groups in total. The molecule has 1 aromatic rings. The quantitative estimate of drug-likeness (QED) is 0.821. The van der Waals surface area contributed by atoms with Gasteiger partial charge in [0.2, 0.25) is 0 Å². The Labute approximate surface area is 95.4 Å². The Morgan fingerprint density at radius 2 is 2.44 bits per heavy atom. The van der Waals surface area contributed by atoms with Crippen molar-refractivity contribution in [3.05, 3.63) is 12.2 Å². The summed E-state index contributed by atoms with van der Waals surface area (Å²) in [5.41, 5.74) is -0.784. The highest BCUT2D eigenvalue weighted by molar-refractivity contribution is 5.00. The van der Waals surface area contributed by atoms with Gasteiger partial charge in [-0.2, -0.15) is 5.10 Å². The highest BCUT2D eigenvalue weighted by Crippen LogP contribution is 2.32. The van der Waals surface area contributed by atoms with Crippen molar-refractivity contribution in [1.29, 1.82) is 0 Å². The van der Waals surface area contributed by atoms with Gasteiger partial charge in [-0.05, 0) is 12.8 Å². The summed E-state index contributed by atoms with van der Waals surface area (Å²) in [5.74, 6) is 0.812. The van der Waals surface area contributed by atoms with Crippen molar-refractivity contribution in [1.82, 2.24) is 14.8 Å². The molecule has 0 radical (unpaired) electrons. The van der Waals surface area contributed by atoms with Crippen LogP contribution in [-0.2, 0) is 18.2 Å². The summed E-state index contributed by atoms with van der Waals surface area (Å²) >= 11 is 0. The molecule has 0 saturated heterocycles. The Hall–Kier alpha value is -0.940. The maximum atomic E-state index is 10.6. The molecular formula is C11H19N3O2. The van der Waals surface area contributed by atoms with E-state index in [1.807, 2.05) is 7.05 Å². The van der Waals surface area contributed by atoms with Crippen molar-refractivity contribution in [2.24, 2.45) is 7.05 Å². The number of hydrogen-bond donors (Lipinski definition) is 1. The van der Waals surface area contributed by atoms with E-state index in [9.17, 15) is 5.11 Å². The molecule has 0 spiro atoms. The first kappa shape index (κ1) is 11.5. The second-order valence-electron chi connectivity index (χ2n) is 4.55. The fourth-order valence-electron chi connectivity index (χ4n) is 2.48. The molecule has 1 fully saturated rings. The van der Waals surface area contributed by atoms with Crippen LogP contribution in [0.4, 0.5) is 0 Å². The third-order valence-electron chi connectivity index (χ3n) is 3.48. The molecule has 2 unspecified atom stereocenters. The average Bonchev–Trinajstić information content (AvgIpc) is 2.64. The molecule has 1 heterocycles. The minimum atomic E-state index is -0.784. The molecule has 0 aliphatic heterocycles. The normalized spacial score (nSPS) is 30.6. The SMILES string of the molecule is COC1CCCCC1(O)Cc1ncnn1C. The Morgan fingerprint density at radius 3 is 3.06 bits per heavy atom. The van der Waals surface area contributed by atoms with E-state index in [1.165, 1.54) is 6.33 Å². The summed E-state index contributed by atoms with van der Waals surface area (Å²) in [7, 11) is 3.51. The number of nitrogens with zero attached hydrogens (tertiary/aromatic N) is 3. The van der Waals surface area contributed by atoms with Crippen LogP contribution >= 0.6 is 0 Å². The van der Waals surface area contributed by atoms with Gasteiger partial charge in [0.15, 0.2) is 0 Å². The Kier molecular flexibility index (Phi) is 3.25. The van der Waals surface area contributed by atoms with Gasteiger partial charge in [0.05, 0.1) is 11.7 Å². The van der Waals surface area contributed by atoms with E-state index >= 15 is 0 Å². The predicted molar refractivity (Wildman–Crippen MR) is 58.9 cm³/mol. The Bertz CT molecular complexity index is 353. The largest absolute Gasteiger partial charge is 0.387 e. The van der Waals surface area contributed by atoms with Crippen LogP contribution in [0.15, 0.2) is 6.33 Å². The van der Waals surface area contributed by atoms with Gasteiger partial charge in [-0.1, -0.05) is 12.8 Å². The van der Waals surface area contributed by atoms with Crippen molar-refractivity contribution in [3.63, 3.8) is 0 Å². The van der Waals surface area contributed by atoms with Crippen LogP contribution in [0.5, 0.6) is 0 Å². The maximum Gasteiger partial charge on any atom is 0.138 e. The summed E-state index contributed by atoms with van der Waals surface area (Å²) in [5, 5.41) is 14.6. The average molecular weight is 225 g/mol. The lowest BCUT2D eigenvalue weighted by Crippen LogP contribution is -2.48. The molecule has 1 aliphatic carbocycles. The third kappa shape index (κ3) is 2.10. The molecule has 2 rings (SSSR count). The van der Waals surface area contributed by atoms with Crippen LogP contribution in [0.25, 0.3) is 0 Å². The van der Waals surface area contributed by atoms with Gasteiger partial charge in [-0.3, -0.25) is 4.68 Å². The van der Waals surface area contributed by atoms with Crippen LogP contribution in [0.3, 0.4) is 0 Å². The van der Waals surface area contributed by atoms with E-state index in [4.69, 9.17) is 4.74 Å². The number of aryl methyl sites for hydroxylation is 1. The van der Waals surface area contributed by atoms with Crippen molar-refractivity contribution >= 4 is 0 Å². The number of methoxy groups -OCH3 is 1. The van der Waals surface area contributed by atoms with Crippen molar-refractivity contribution < 1.29 is 9.84 Å². The van der Waals surface area contributed by atoms with Crippen LogP contribution in [0.1, 0.15) is 31.5 Å². The van der Waals surface area contributed by atoms with Gasteiger partial charge in [0.25, 0.3) is 0 Å². The molecule has 0 bridgehead atoms. The smallest absolute Gasteiger partial charge is 0.138 e. The standard InChI is InChI=1S/C11H19N3O2/c1-14-10(12-8-13-14)7-11(15)6-4-3-5-9(11)16-2/h8-9,15H,3-7H2,1-2H3. The number of rotatable bonds is 3. The van der Waals surface area contributed by atoms with Crippen LogP contribution in [0.2, 0.25) is 0 Å². The zero-order chi connectivity index (χ0) is 11.6. The fourth-order valence-corrected chi connectivity index (χ4v) is 2.48. The molecule has 1 saturated carbocycles. The van der Waals surface area contributed by atoms with E-state index in [0.29, 0.717) is 6.42 Å². The molecule has 16 heavy (non-hydrogen) atoms. The second kappa shape index (κ2) is 4.51. The Morgan fingerprint density at radius 1 is 1.62 bits per heavy atom. The lowest BCUT2D eigenvalue weighted by molar-refractivity contribution is -0.117. The first-order valence-electron chi connectivity index (χ1n) is 5.74. The van der Waals surface area contributed by atoms with Crippen LogP contribution in [0, 0.1) is 0 Å². The lowest BCUT2D eigenvalue weighted by Gasteiger charge is -2.38. The van der Waals surface area contributed by atoms with E-state index < -0.39 is 5.60 Å². The predicted octanol–water partition coefficient (Wildman–Crippen LogP) is 0.678. The van der Waals surface area contributed by atoms with Gasteiger partial charge in [-0.25, -0.2) is 4.98 Å². The molecular weight excluding hydrogens is 206 g/mol. The van der Waals surface area contributed by atoms with Gasteiger partial charge in [0.1, 0.15) is 12.2 Å². The summed E-state index contributed by atoms with van der Waals surface area (Å²) in [6.07, 6.45) is 5.82. The minimum Gasteiger partial charge on any atom is -0.387 e. The Balaban J connectivity index is 2.14. The summed E-state index contributed by atoms with van der Waals surface area (Å²) in [6.45, 7) is 0. The van der Waals surface area contributed by atoms with Gasteiger partial charge >= 0.3 is 0 Å². The third-order valence-corrected chi connectivity index (χ3v) is 3.48. The molecule has 1 aliphatic rings. The van der Waals surface area contributed by atoms with E-state index in [1.54, 1.807) is 11.8 Å². The number of aromatic nitrogens is 3. The van der Waals surface area contributed by atoms with Crippen LogP contribution < -0.4 is 0 Å². The van der Waals surface area contributed by atoms with Crippen molar-refractivity contribution in [2.75, 3.05) is 7.11 Å². The van der Waals surface area contributed by atoms with E-state index in [0.717, 1.165) is 31.5 Å². The zero-order valence-electron chi connectivity index (χ0n) is 9.89.